The molecule has 0 aromatic rings. The number of rotatable bonds is 2. The molecule has 0 aliphatic rings. The van der Waals surface area contributed by atoms with Crippen LogP contribution in [0.25, 0.3) is 0 Å². The maximum absolute atomic E-state index is 11.9. The van der Waals surface area contributed by atoms with Gasteiger partial charge < -0.3 is 9.64 Å². The van der Waals surface area contributed by atoms with E-state index >= 15 is 0 Å². The molecule has 0 radical (unpaired) electrons. The van der Waals surface area contributed by atoms with E-state index in [4.69, 9.17) is 4.74 Å². The van der Waals surface area contributed by atoms with Crippen LogP contribution >= 0.6 is 23.9 Å². The number of hydrogen-bond donors (Lipinski definition) is 1. The summed E-state index contributed by atoms with van der Waals surface area (Å²) in [6.45, 7) is 5.40. The molecule has 0 aliphatic carbocycles. The van der Waals surface area contributed by atoms with Gasteiger partial charge >= 0.3 is 18.1 Å². The molecule has 0 aliphatic heterocycles. The minimum atomic E-state index is -0.581. The number of carbonyl (C=O) groups is 2. The summed E-state index contributed by atoms with van der Waals surface area (Å²) in [5, 5.41) is 2.49. The summed E-state index contributed by atoms with van der Waals surface area (Å²) < 4.78 is 6.90. The van der Waals surface area contributed by atoms with Gasteiger partial charge in [-0.2, -0.15) is 0 Å². The van der Waals surface area contributed by atoms with Crippen LogP contribution in [-0.4, -0.2) is 58.9 Å². The Morgan fingerprint density at radius 1 is 1.15 bits per heavy atom. The highest BCUT2D eigenvalue weighted by atomic mass is 32.2. The van der Waals surface area contributed by atoms with Crippen LogP contribution in [0.4, 0.5) is 9.59 Å². The Balaban J connectivity index is 5.05. The van der Waals surface area contributed by atoms with Crippen molar-refractivity contribution in [2.75, 3.05) is 26.6 Å². The first-order valence-corrected chi connectivity index (χ1v) is 8.15. The molecule has 0 aromatic carbocycles. The topological polar surface area (TPSA) is 74.2 Å². The third-order valence-electron chi connectivity index (χ3n) is 1.69. The van der Waals surface area contributed by atoms with Gasteiger partial charge in [-0.3, -0.25) is 5.32 Å². The van der Waals surface area contributed by atoms with Gasteiger partial charge in [0.05, 0.1) is 0 Å². The van der Waals surface area contributed by atoms with E-state index in [0.717, 1.165) is 0 Å². The quantitative estimate of drug-likeness (QED) is 0.480. The number of aliphatic imine (C=N–C) groups is 1. The summed E-state index contributed by atoms with van der Waals surface area (Å²) in [6, 6.07) is -1.04. The minimum Gasteiger partial charge on any atom is -0.459 e. The molecule has 0 atom stereocenters. The van der Waals surface area contributed by atoms with Crippen molar-refractivity contribution < 1.29 is 14.3 Å². The molecule has 0 aromatic heterocycles. The van der Waals surface area contributed by atoms with E-state index in [9.17, 15) is 9.59 Å². The molecular weight excluding hydrogens is 300 g/mol. The first-order valence-electron chi connectivity index (χ1n) is 5.79. The molecule has 1 N–H and O–H groups in total. The molecule has 0 heterocycles. The first-order chi connectivity index (χ1) is 9.10. The molecule has 0 rings (SSSR count). The van der Waals surface area contributed by atoms with Crippen molar-refractivity contribution in [3.63, 3.8) is 0 Å². The van der Waals surface area contributed by atoms with Crippen LogP contribution in [0, 0.1) is 0 Å². The average Bonchev–Trinajstić information content (AvgIpc) is 2.27. The molecule has 0 unspecified atom stereocenters. The van der Waals surface area contributed by atoms with Crippen molar-refractivity contribution in [1.29, 1.82) is 0 Å². The lowest BCUT2D eigenvalue weighted by Crippen LogP contribution is -2.42. The maximum atomic E-state index is 11.9. The second kappa shape index (κ2) is 8.25. The summed E-state index contributed by atoms with van der Waals surface area (Å²) in [7, 11) is 3.14. The van der Waals surface area contributed by atoms with Crippen molar-refractivity contribution in [1.82, 2.24) is 13.9 Å². The summed E-state index contributed by atoms with van der Waals surface area (Å²) in [4.78, 5) is 28.6. The highest BCUT2D eigenvalue weighted by Gasteiger charge is 2.21. The Morgan fingerprint density at radius 2 is 1.65 bits per heavy atom. The zero-order valence-corrected chi connectivity index (χ0v) is 14.5. The van der Waals surface area contributed by atoms with Crippen molar-refractivity contribution in [3.8, 4) is 0 Å². The number of urea groups is 2. The molecule has 0 fully saturated rings. The van der Waals surface area contributed by atoms with Crippen LogP contribution < -0.4 is 5.32 Å². The molecule has 0 saturated heterocycles. The summed E-state index contributed by atoms with van der Waals surface area (Å²) in [5.74, 6) is 0. The Kier molecular flexibility index (Phi) is 7.80. The van der Waals surface area contributed by atoms with Gasteiger partial charge in [-0.15, -0.1) is 4.99 Å². The van der Waals surface area contributed by atoms with Crippen molar-refractivity contribution in [3.05, 3.63) is 0 Å². The molecule has 0 saturated carbocycles. The maximum Gasteiger partial charge on any atom is 0.347 e. The third kappa shape index (κ3) is 7.49. The summed E-state index contributed by atoms with van der Waals surface area (Å²) >= 11 is 2.48. The molecule has 0 bridgehead atoms. The van der Waals surface area contributed by atoms with Crippen molar-refractivity contribution >= 4 is 42.0 Å². The van der Waals surface area contributed by atoms with Gasteiger partial charge in [0, 0.05) is 26.6 Å². The van der Waals surface area contributed by atoms with Crippen LogP contribution in [0.2, 0.25) is 0 Å². The predicted octanol–water partition coefficient (Wildman–Crippen LogP) is 2.41. The Hall–Kier alpha value is -1.09. The summed E-state index contributed by atoms with van der Waals surface area (Å²) in [6.07, 6.45) is 3.53. The van der Waals surface area contributed by atoms with Crippen molar-refractivity contribution in [2.24, 2.45) is 4.99 Å². The second-order valence-electron chi connectivity index (χ2n) is 4.86. The standard InChI is InChI=1S/C11H22N4O3S2/c1-11(2,3)18-8(12-9(16)14(4)5)13-10(17)15(19-6)20-7/h1-7H3,(H,12,13,16,17). The van der Waals surface area contributed by atoms with Gasteiger partial charge in [0.2, 0.25) is 0 Å². The van der Waals surface area contributed by atoms with Crippen LogP contribution in [0.5, 0.6) is 0 Å². The SMILES string of the molecule is CSN(SC)C(=O)NC(=NC(=O)N(C)C)OC(C)(C)C. The fraction of sp³-hybridized carbons (Fsp3) is 0.727. The predicted molar refractivity (Wildman–Crippen MR) is 84.8 cm³/mol. The highest BCUT2D eigenvalue weighted by molar-refractivity contribution is 8.12. The number of hydrogen-bond acceptors (Lipinski definition) is 5. The molecular formula is C11H22N4O3S2. The van der Waals surface area contributed by atoms with Crippen LogP contribution in [0.15, 0.2) is 4.99 Å². The fourth-order valence-corrected chi connectivity index (χ4v) is 1.95. The Labute approximate surface area is 128 Å². The molecule has 0 spiro atoms. The smallest absolute Gasteiger partial charge is 0.347 e. The second-order valence-corrected chi connectivity index (χ2v) is 6.55. The van der Waals surface area contributed by atoms with Gasteiger partial charge in [-0.25, -0.2) is 13.3 Å². The first kappa shape index (κ1) is 18.9. The molecule has 9 heteroatoms. The van der Waals surface area contributed by atoms with Crippen LogP contribution in [0.3, 0.4) is 0 Å². The van der Waals surface area contributed by atoms with Crippen LogP contribution in [0.1, 0.15) is 20.8 Å². The number of ether oxygens (including phenoxy) is 1. The zero-order chi connectivity index (χ0) is 15.9. The number of nitrogens with one attached hydrogen (secondary N) is 1. The lowest BCUT2D eigenvalue weighted by atomic mass is 10.2. The average molecular weight is 322 g/mol. The van der Waals surface area contributed by atoms with Gasteiger partial charge in [-0.05, 0) is 44.7 Å². The fourth-order valence-electron chi connectivity index (χ4n) is 0.931. The molecule has 7 nitrogen and oxygen atoms in total. The van der Waals surface area contributed by atoms with E-state index in [0.29, 0.717) is 0 Å². The number of amidine groups is 1. The van der Waals surface area contributed by atoms with E-state index in [1.807, 2.05) is 0 Å². The Bertz CT molecular complexity index is 376. The zero-order valence-electron chi connectivity index (χ0n) is 12.9. The van der Waals surface area contributed by atoms with E-state index in [2.05, 4.69) is 10.3 Å². The lowest BCUT2D eigenvalue weighted by Gasteiger charge is -2.24. The van der Waals surface area contributed by atoms with E-state index in [1.54, 1.807) is 47.4 Å². The number of carbonyl (C=O) groups excluding carboxylic acids is 2. The highest BCUT2D eigenvalue weighted by Crippen LogP contribution is 2.16. The van der Waals surface area contributed by atoms with Crippen LogP contribution in [-0.2, 0) is 4.74 Å². The van der Waals surface area contributed by atoms with Gasteiger partial charge in [0.15, 0.2) is 0 Å². The normalized spacial score (nSPS) is 11.8. The molecule has 20 heavy (non-hydrogen) atoms. The number of nitrogens with zero attached hydrogens (tertiary/aromatic N) is 3. The van der Waals surface area contributed by atoms with Gasteiger partial charge in [-0.1, -0.05) is 0 Å². The molecule has 116 valence electrons. The largest absolute Gasteiger partial charge is 0.459 e. The van der Waals surface area contributed by atoms with E-state index in [-0.39, 0.29) is 6.02 Å². The Morgan fingerprint density at radius 3 is 2.00 bits per heavy atom. The third-order valence-corrected chi connectivity index (χ3v) is 3.58. The number of amides is 4. The minimum absolute atomic E-state index is 0.116. The van der Waals surface area contributed by atoms with Gasteiger partial charge in [0.25, 0.3) is 0 Å². The van der Waals surface area contributed by atoms with Crippen molar-refractivity contribution in [2.45, 2.75) is 26.4 Å². The summed E-state index contributed by atoms with van der Waals surface area (Å²) in [5.41, 5.74) is -0.581. The molecule has 4 amide bonds. The lowest BCUT2D eigenvalue weighted by molar-refractivity contribution is 0.109. The monoisotopic (exact) mass is 322 g/mol. The van der Waals surface area contributed by atoms with Gasteiger partial charge in [0.1, 0.15) is 5.60 Å². The van der Waals surface area contributed by atoms with E-state index < -0.39 is 17.7 Å². The van der Waals surface area contributed by atoms with E-state index in [1.165, 1.54) is 32.5 Å².